The Hall–Kier alpha value is -2.46. The van der Waals surface area contributed by atoms with Crippen LogP contribution in [-0.2, 0) is 23.9 Å². The summed E-state index contributed by atoms with van der Waals surface area (Å²) in [6, 6.07) is 3.59. The van der Waals surface area contributed by atoms with Crippen molar-refractivity contribution in [2.45, 2.75) is 40.0 Å². The van der Waals surface area contributed by atoms with Crippen molar-refractivity contribution in [3.63, 3.8) is 0 Å². The number of ketones is 1. The number of thioether (sulfide) groups is 1. The van der Waals surface area contributed by atoms with Gasteiger partial charge in [0, 0.05) is 28.6 Å². The van der Waals surface area contributed by atoms with Crippen molar-refractivity contribution in [1.29, 1.82) is 0 Å². The number of esters is 2. The van der Waals surface area contributed by atoms with Crippen LogP contribution in [0.4, 0.5) is 0 Å². The van der Waals surface area contributed by atoms with Crippen LogP contribution in [0.5, 0.6) is 11.5 Å². The van der Waals surface area contributed by atoms with Gasteiger partial charge in [0.2, 0.25) is 0 Å². The number of dihydropyridines is 1. The topological polar surface area (TPSA) is 100 Å². The first-order valence-electron chi connectivity index (χ1n) is 12.3. The number of Topliss-reactive ketones (excluding diaryl/α,β-unsaturated/α-hetero) is 1. The van der Waals surface area contributed by atoms with Gasteiger partial charge in [-0.1, -0.05) is 13.8 Å². The Labute approximate surface area is 230 Å². The van der Waals surface area contributed by atoms with E-state index in [-0.39, 0.29) is 18.3 Å². The highest BCUT2D eigenvalue weighted by molar-refractivity contribution is 9.10. The number of hydrogen-bond acceptors (Lipinski definition) is 9. The number of nitrogens with one attached hydrogen (secondary N) is 1. The normalized spacial score (nSPS) is 21.3. The predicted molar refractivity (Wildman–Crippen MR) is 146 cm³/mol. The molecule has 0 saturated heterocycles. The summed E-state index contributed by atoms with van der Waals surface area (Å²) in [4.78, 5) is 40.0. The molecule has 0 bridgehead atoms. The van der Waals surface area contributed by atoms with E-state index < -0.39 is 23.8 Å². The summed E-state index contributed by atoms with van der Waals surface area (Å²) in [7, 11) is 2.82. The molecule has 10 heteroatoms. The molecule has 2 aliphatic rings. The van der Waals surface area contributed by atoms with Gasteiger partial charge >= 0.3 is 11.9 Å². The van der Waals surface area contributed by atoms with Gasteiger partial charge in [0.05, 0.1) is 30.9 Å². The Morgan fingerprint density at radius 1 is 1.22 bits per heavy atom. The molecule has 37 heavy (non-hydrogen) atoms. The average Bonchev–Trinajstić information content (AvgIpc) is 2.85. The summed E-state index contributed by atoms with van der Waals surface area (Å²) in [6.07, 6.45) is 0.458. The minimum atomic E-state index is -0.960. The maximum absolute atomic E-state index is 13.9. The zero-order valence-electron chi connectivity index (χ0n) is 22.1. The summed E-state index contributed by atoms with van der Waals surface area (Å²) in [5.74, 6) is -0.875. The first-order chi connectivity index (χ1) is 17.7. The number of hydrogen-bond donors (Lipinski definition) is 1. The van der Waals surface area contributed by atoms with E-state index in [0.29, 0.717) is 62.9 Å². The smallest absolute Gasteiger partial charge is 0.336 e. The van der Waals surface area contributed by atoms with Crippen LogP contribution in [0.15, 0.2) is 39.1 Å². The Kier molecular flexibility index (Phi) is 10.1. The molecule has 1 heterocycles. The minimum Gasteiger partial charge on any atom is -0.492 e. The molecule has 1 aliphatic heterocycles. The molecular weight excluding hydrogens is 562 g/mol. The average molecular weight is 597 g/mol. The van der Waals surface area contributed by atoms with Crippen molar-refractivity contribution in [3.05, 3.63) is 44.7 Å². The van der Waals surface area contributed by atoms with Crippen LogP contribution in [-0.4, -0.2) is 56.7 Å². The Bertz CT molecular complexity index is 1130. The van der Waals surface area contributed by atoms with E-state index in [1.165, 1.54) is 7.11 Å². The number of methoxy groups -OCH3 is 2. The fourth-order valence-electron chi connectivity index (χ4n) is 4.92. The van der Waals surface area contributed by atoms with Crippen molar-refractivity contribution >= 4 is 45.4 Å². The summed E-state index contributed by atoms with van der Waals surface area (Å²) < 4.78 is 22.6. The van der Waals surface area contributed by atoms with E-state index in [4.69, 9.17) is 18.9 Å². The standard InChI is InChI=1S/C27H34BrNO7S/c1-7-35-19-13-16(12-17(28)25(19)33-5)22-21(27(32)36-9-10-37-8-2)15(4)29-18-11-14(3)20(26(31)34-6)24(30)23(18)22/h12-14,20,22,29H,7-11H2,1-6H3/t14-,20+,22-/m0/s1. The first kappa shape index (κ1) is 29.1. The number of allylic oxidation sites excluding steroid dienone is 3. The highest BCUT2D eigenvalue weighted by Gasteiger charge is 2.47. The fraction of sp³-hybridized carbons (Fsp3) is 0.519. The largest absolute Gasteiger partial charge is 0.492 e. The quantitative estimate of drug-likeness (QED) is 0.233. The van der Waals surface area contributed by atoms with Crippen molar-refractivity contribution in [2.75, 3.05) is 38.9 Å². The van der Waals surface area contributed by atoms with E-state index >= 15 is 0 Å². The van der Waals surface area contributed by atoms with Crippen molar-refractivity contribution < 1.29 is 33.3 Å². The van der Waals surface area contributed by atoms with Crippen LogP contribution in [0, 0.1) is 11.8 Å². The molecule has 1 aromatic carbocycles. The van der Waals surface area contributed by atoms with Gasteiger partial charge in [-0.2, -0.15) is 11.8 Å². The molecule has 8 nitrogen and oxygen atoms in total. The summed E-state index contributed by atoms with van der Waals surface area (Å²) >= 11 is 5.23. The lowest BCUT2D eigenvalue weighted by Gasteiger charge is -2.38. The van der Waals surface area contributed by atoms with E-state index in [9.17, 15) is 14.4 Å². The van der Waals surface area contributed by atoms with Crippen LogP contribution in [0.2, 0.25) is 0 Å². The molecule has 0 fully saturated rings. The minimum absolute atomic E-state index is 0.249. The van der Waals surface area contributed by atoms with E-state index in [2.05, 4.69) is 21.2 Å². The molecule has 1 N–H and O–H groups in total. The van der Waals surface area contributed by atoms with Gasteiger partial charge in [-0.05, 0) is 65.6 Å². The fourth-order valence-corrected chi connectivity index (χ4v) is 6.03. The molecule has 0 spiro atoms. The number of benzene rings is 1. The van der Waals surface area contributed by atoms with Crippen molar-refractivity contribution in [2.24, 2.45) is 11.8 Å². The molecule has 0 radical (unpaired) electrons. The molecule has 1 aliphatic carbocycles. The van der Waals surface area contributed by atoms with Gasteiger partial charge in [0.1, 0.15) is 12.5 Å². The monoisotopic (exact) mass is 595 g/mol. The van der Waals surface area contributed by atoms with E-state index in [1.807, 2.05) is 26.8 Å². The van der Waals surface area contributed by atoms with Crippen molar-refractivity contribution in [3.8, 4) is 11.5 Å². The van der Waals surface area contributed by atoms with Crippen LogP contribution >= 0.6 is 27.7 Å². The zero-order chi connectivity index (χ0) is 27.3. The highest BCUT2D eigenvalue weighted by atomic mass is 79.9. The maximum Gasteiger partial charge on any atom is 0.336 e. The van der Waals surface area contributed by atoms with E-state index in [1.54, 1.807) is 31.9 Å². The summed E-state index contributed by atoms with van der Waals surface area (Å²) in [6.45, 7) is 8.20. The lowest BCUT2D eigenvalue weighted by Crippen LogP contribution is -2.43. The first-order valence-corrected chi connectivity index (χ1v) is 14.2. The van der Waals surface area contributed by atoms with Gasteiger partial charge in [0.15, 0.2) is 17.3 Å². The molecule has 3 rings (SSSR count). The van der Waals surface area contributed by atoms with Crippen LogP contribution in [0.1, 0.15) is 45.6 Å². The molecule has 3 atom stereocenters. The van der Waals surface area contributed by atoms with E-state index in [0.717, 1.165) is 5.75 Å². The SMILES string of the molecule is CCOc1cc([C@H]2C(C(=O)OCCSCC)=C(C)NC3=C2C(=O)[C@H](C(=O)OC)[C@@H](C)C3)cc(Br)c1OC. The molecule has 0 unspecified atom stereocenters. The van der Waals surface area contributed by atoms with Gasteiger partial charge in [-0.3, -0.25) is 9.59 Å². The molecular formula is C27H34BrNO7S. The third-order valence-electron chi connectivity index (χ3n) is 6.50. The second-order valence-electron chi connectivity index (χ2n) is 8.84. The molecule has 1 aromatic rings. The Morgan fingerprint density at radius 2 is 1.95 bits per heavy atom. The number of halogens is 1. The highest BCUT2D eigenvalue weighted by Crippen LogP contribution is 2.48. The van der Waals surface area contributed by atoms with Crippen LogP contribution < -0.4 is 14.8 Å². The predicted octanol–water partition coefficient (Wildman–Crippen LogP) is 4.77. The third kappa shape index (κ3) is 6.00. The number of carbonyl (C=O) groups is 3. The van der Waals surface area contributed by atoms with Crippen LogP contribution in [0.25, 0.3) is 0 Å². The zero-order valence-corrected chi connectivity index (χ0v) is 24.5. The van der Waals surface area contributed by atoms with Gasteiger partial charge in [-0.25, -0.2) is 4.79 Å². The van der Waals surface area contributed by atoms with Crippen molar-refractivity contribution in [1.82, 2.24) is 5.32 Å². The van der Waals surface area contributed by atoms with Crippen LogP contribution in [0.3, 0.4) is 0 Å². The van der Waals surface area contributed by atoms with Gasteiger partial charge in [-0.15, -0.1) is 0 Å². The summed E-state index contributed by atoms with van der Waals surface area (Å²) in [5.41, 5.74) is 2.65. The molecule has 0 amide bonds. The third-order valence-corrected chi connectivity index (χ3v) is 7.95. The second-order valence-corrected chi connectivity index (χ2v) is 11.1. The summed E-state index contributed by atoms with van der Waals surface area (Å²) in [5, 5.41) is 3.28. The van der Waals surface area contributed by atoms with Gasteiger partial charge in [0.25, 0.3) is 0 Å². The van der Waals surface area contributed by atoms with Gasteiger partial charge < -0.3 is 24.3 Å². The maximum atomic E-state index is 13.9. The second kappa shape index (κ2) is 12.9. The molecule has 0 saturated carbocycles. The lowest BCUT2D eigenvalue weighted by atomic mass is 9.69. The number of carbonyl (C=O) groups excluding carboxylic acids is 3. The molecule has 0 aromatic heterocycles. The lowest BCUT2D eigenvalue weighted by molar-refractivity contribution is -0.151. The molecule has 202 valence electrons. The Balaban J connectivity index is 2.19. The Morgan fingerprint density at radius 3 is 2.57 bits per heavy atom. The number of ether oxygens (including phenoxy) is 4. The number of rotatable bonds is 10.